The van der Waals surface area contributed by atoms with Crippen molar-refractivity contribution < 1.29 is 27.5 Å². The first kappa shape index (κ1) is 19.2. The van der Waals surface area contributed by atoms with Crippen molar-refractivity contribution in [2.75, 3.05) is 26.2 Å². The van der Waals surface area contributed by atoms with E-state index in [9.17, 15) is 18.0 Å². The smallest absolute Gasteiger partial charge is 0.350 e. The summed E-state index contributed by atoms with van der Waals surface area (Å²) in [6.07, 6.45) is 0. The zero-order chi connectivity index (χ0) is 19.5. The van der Waals surface area contributed by atoms with Crippen molar-refractivity contribution >= 4 is 27.0 Å². The lowest BCUT2D eigenvalue weighted by Gasteiger charge is -2.16. The van der Waals surface area contributed by atoms with E-state index >= 15 is 0 Å². The number of amides is 1. The van der Waals surface area contributed by atoms with Gasteiger partial charge in [0.25, 0.3) is 9.84 Å². The first-order chi connectivity index (χ1) is 12.2. The molecular weight excluding hydrogens is 364 g/mol. The van der Waals surface area contributed by atoms with Gasteiger partial charge in [0.15, 0.2) is 0 Å². The fourth-order valence-electron chi connectivity index (χ4n) is 2.02. The maximum Gasteiger partial charge on any atom is 0.350 e. The number of anilines is 1. The fourth-order valence-corrected chi connectivity index (χ4v) is 3.35. The van der Waals surface area contributed by atoms with Gasteiger partial charge in [-0.1, -0.05) is 12.1 Å². The van der Waals surface area contributed by atoms with E-state index in [-0.39, 0.29) is 23.3 Å². The number of aromatic nitrogens is 3. The Bertz CT molecular complexity index is 960. The van der Waals surface area contributed by atoms with E-state index in [0.29, 0.717) is 0 Å². The van der Waals surface area contributed by atoms with Gasteiger partial charge >= 0.3 is 17.2 Å². The van der Waals surface area contributed by atoms with E-state index in [2.05, 4.69) is 19.7 Å². The highest BCUT2D eigenvalue weighted by Crippen LogP contribution is 2.22. The van der Waals surface area contributed by atoms with Crippen LogP contribution in [0.15, 0.2) is 29.2 Å². The molecule has 138 valence electrons. The number of nitrogens with zero attached hydrogens (tertiary/aromatic N) is 4. The summed E-state index contributed by atoms with van der Waals surface area (Å²) in [7, 11) is -0.936. The molecule has 0 spiro atoms. The fraction of sp³-hybridized carbons (Fsp3) is 0.267. The summed E-state index contributed by atoms with van der Waals surface area (Å²) in [5.41, 5.74) is -0.249. The predicted molar refractivity (Wildman–Crippen MR) is 89.9 cm³/mol. The standard InChI is InChI=1S/C15H16N4O6S/c1-9-16-13(18-14(17-9)25-4)19(2)15(21)26(22,23)11-8-6-5-7-10(11)12(20)24-3/h5-8H,1-4H3. The Balaban J connectivity index is 2.49. The highest BCUT2D eigenvalue weighted by atomic mass is 32.2. The molecule has 2 rings (SSSR count). The second-order valence-electron chi connectivity index (χ2n) is 4.99. The Labute approximate surface area is 149 Å². The largest absolute Gasteiger partial charge is 0.467 e. The highest BCUT2D eigenvalue weighted by Gasteiger charge is 2.34. The van der Waals surface area contributed by atoms with Gasteiger partial charge in [0.05, 0.1) is 24.7 Å². The number of ether oxygens (including phenoxy) is 2. The van der Waals surface area contributed by atoms with Crippen molar-refractivity contribution in [1.82, 2.24) is 15.0 Å². The van der Waals surface area contributed by atoms with Crippen LogP contribution < -0.4 is 9.64 Å². The number of carbonyl (C=O) groups excluding carboxylic acids is 2. The van der Waals surface area contributed by atoms with Crippen molar-refractivity contribution in [1.29, 1.82) is 0 Å². The van der Waals surface area contributed by atoms with Crippen LogP contribution in [0.2, 0.25) is 0 Å². The monoisotopic (exact) mass is 380 g/mol. The second kappa shape index (κ2) is 7.44. The van der Waals surface area contributed by atoms with Gasteiger partial charge in [-0.2, -0.15) is 15.0 Å². The minimum absolute atomic E-state index is 0.0699. The third kappa shape index (κ3) is 3.61. The molecule has 0 saturated heterocycles. The van der Waals surface area contributed by atoms with Gasteiger partial charge < -0.3 is 9.47 Å². The van der Waals surface area contributed by atoms with E-state index in [1.807, 2.05) is 0 Å². The van der Waals surface area contributed by atoms with Gasteiger partial charge in [0, 0.05) is 7.05 Å². The number of esters is 1. The number of benzene rings is 1. The highest BCUT2D eigenvalue weighted by molar-refractivity contribution is 8.06. The Morgan fingerprint density at radius 3 is 2.35 bits per heavy atom. The summed E-state index contributed by atoms with van der Waals surface area (Å²) in [5.74, 6) is -0.852. The minimum atomic E-state index is -4.56. The number of hydrogen-bond acceptors (Lipinski definition) is 9. The molecule has 10 nitrogen and oxygen atoms in total. The molecule has 1 amide bonds. The second-order valence-corrected chi connectivity index (χ2v) is 6.78. The lowest BCUT2D eigenvalue weighted by atomic mass is 10.2. The molecule has 0 bridgehead atoms. The molecule has 0 radical (unpaired) electrons. The SMILES string of the molecule is COC(=O)c1ccccc1S(=O)(=O)C(=O)N(C)c1nc(C)nc(OC)n1. The number of hydrogen-bond donors (Lipinski definition) is 0. The van der Waals surface area contributed by atoms with Gasteiger partial charge in [0.1, 0.15) is 5.82 Å². The maximum absolute atomic E-state index is 12.7. The molecule has 0 fully saturated rings. The molecular formula is C15H16N4O6S. The lowest BCUT2D eigenvalue weighted by Crippen LogP contribution is -2.34. The molecule has 0 saturated carbocycles. The van der Waals surface area contributed by atoms with E-state index in [1.54, 1.807) is 0 Å². The summed E-state index contributed by atoms with van der Waals surface area (Å²) in [6.45, 7) is 1.53. The van der Waals surface area contributed by atoms with E-state index in [4.69, 9.17) is 4.74 Å². The van der Waals surface area contributed by atoms with Gasteiger partial charge in [-0.05, 0) is 19.1 Å². The molecule has 0 aliphatic heterocycles. The van der Waals surface area contributed by atoms with Gasteiger partial charge in [0.2, 0.25) is 5.95 Å². The molecule has 1 heterocycles. The Morgan fingerprint density at radius 2 is 1.73 bits per heavy atom. The van der Waals surface area contributed by atoms with Crippen LogP contribution in [-0.2, 0) is 14.6 Å². The minimum Gasteiger partial charge on any atom is -0.467 e. The Hall–Kier alpha value is -3.08. The van der Waals surface area contributed by atoms with Crippen molar-refractivity contribution in [3.8, 4) is 6.01 Å². The number of aryl methyl sites for hydroxylation is 1. The Morgan fingerprint density at radius 1 is 1.08 bits per heavy atom. The third-order valence-electron chi connectivity index (χ3n) is 3.28. The molecule has 0 N–H and O–H groups in total. The molecule has 0 aliphatic carbocycles. The first-order valence-electron chi connectivity index (χ1n) is 7.19. The van der Waals surface area contributed by atoms with Crippen LogP contribution >= 0.6 is 0 Å². The molecule has 26 heavy (non-hydrogen) atoms. The van der Waals surface area contributed by atoms with Crippen molar-refractivity contribution in [2.45, 2.75) is 11.8 Å². The van der Waals surface area contributed by atoms with Gasteiger partial charge in [-0.25, -0.2) is 13.2 Å². The average Bonchev–Trinajstić information content (AvgIpc) is 2.65. The van der Waals surface area contributed by atoms with Crippen LogP contribution in [-0.4, -0.2) is 55.8 Å². The van der Waals surface area contributed by atoms with Gasteiger partial charge in [-0.3, -0.25) is 9.69 Å². The molecule has 0 aliphatic rings. The summed E-state index contributed by atoms with van der Waals surface area (Å²) in [6, 6.07) is 5.18. The maximum atomic E-state index is 12.7. The predicted octanol–water partition coefficient (Wildman–Crippen LogP) is 1.01. The Kier molecular flexibility index (Phi) is 5.50. The van der Waals surface area contributed by atoms with Crippen LogP contribution in [0.4, 0.5) is 10.7 Å². The van der Waals surface area contributed by atoms with Gasteiger partial charge in [-0.15, -0.1) is 0 Å². The topological polar surface area (TPSA) is 129 Å². The molecule has 2 aromatic rings. The number of carbonyl (C=O) groups is 2. The number of rotatable bonds is 4. The van der Waals surface area contributed by atoms with Crippen molar-refractivity contribution in [2.24, 2.45) is 0 Å². The first-order valence-corrected chi connectivity index (χ1v) is 8.67. The van der Waals surface area contributed by atoms with Crippen LogP contribution in [0, 0.1) is 6.92 Å². The van der Waals surface area contributed by atoms with E-state index < -0.39 is 25.9 Å². The van der Waals surface area contributed by atoms with E-state index in [1.165, 1.54) is 39.3 Å². The summed E-state index contributed by atoms with van der Waals surface area (Å²) < 4.78 is 34.9. The third-order valence-corrected chi connectivity index (χ3v) is 4.95. The lowest BCUT2D eigenvalue weighted by molar-refractivity contribution is 0.0596. The number of sulfone groups is 1. The number of methoxy groups -OCH3 is 2. The van der Waals surface area contributed by atoms with Crippen molar-refractivity contribution in [3.63, 3.8) is 0 Å². The molecule has 11 heteroatoms. The normalized spacial score (nSPS) is 10.9. The average molecular weight is 380 g/mol. The molecule has 0 atom stereocenters. The summed E-state index contributed by atoms with van der Waals surface area (Å²) in [4.78, 5) is 36.3. The zero-order valence-electron chi connectivity index (χ0n) is 14.5. The quantitative estimate of drug-likeness (QED) is 0.713. The van der Waals surface area contributed by atoms with E-state index in [0.717, 1.165) is 18.1 Å². The van der Waals surface area contributed by atoms with Crippen LogP contribution in [0.25, 0.3) is 0 Å². The zero-order valence-corrected chi connectivity index (χ0v) is 15.3. The van der Waals surface area contributed by atoms with Crippen molar-refractivity contribution in [3.05, 3.63) is 35.7 Å². The van der Waals surface area contributed by atoms with Crippen LogP contribution in [0.5, 0.6) is 6.01 Å². The summed E-state index contributed by atoms with van der Waals surface area (Å²) >= 11 is 0. The molecule has 1 aromatic heterocycles. The molecule has 1 aromatic carbocycles. The molecule has 0 unspecified atom stereocenters. The van der Waals surface area contributed by atoms with Crippen LogP contribution in [0.3, 0.4) is 0 Å². The summed E-state index contributed by atoms with van der Waals surface area (Å²) in [5, 5.41) is -1.32. The van der Waals surface area contributed by atoms with Crippen LogP contribution in [0.1, 0.15) is 16.2 Å².